The predicted molar refractivity (Wildman–Crippen MR) is 124 cm³/mol. The molecule has 2 aromatic carbocycles. The molecule has 3 amide bonds. The molecule has 1 aliphatic heterocycles. The van der Waals surface area contributed by atoms with Crippen LogP contribution >= 0.6 is 11.6 Å². The lowest BCUT2D eigenvalue weighted by Crippen LogP contribution is -2.47. The van der Waals surface area contributed by atoms with Crippen molar-refractivity contribution in [3.63, 3.8) is 0 Å². The Labute approximate surface area is 190 Å². The van der Waals surface area contributed by atoms with Gasteiger partial charge >= 0.3 is 0 Å². The standard InChI is InChI=1S/C24H23ClN4O3/c1-2-9-27-22(30)14-29-13-20(19-10-16(25)7-8-18(19)24(29)32)23(31)28-21-12-26-11-15-5-3-4-6-17(15)21/h3-8,10-12,20H,2,9,13-14H2,1H3,(H,27,30)(H,28,31). The van der Waals surface area contributed by atoms with E-state index in [9.17, 15) is 14.4 Å². The van der Waals surface area contributed by atoms with Gasteiger partial charge < -0.3 is 15.5 Å². The molecule has 0 aliphatic carbocycles. The van der Waals surface area contributed by atoms with Gasteiger partial charge in [-0.05, 0) is 30.2 Å². The lowest BCUT2D eigenvalue weighted by molar-refractivity contribution is -0.123. The average molecular weight is 451 g/mol. The molecule has 7 nitrogen and oxygen atoms in total. The van der Waals surface area contributed by atoms with Crippen molar-refractivity contribution in [2.24, 2.45) is 0 Å². The first-order valence-electron chi connectivity index (χ1n) is 10.5. The molecule has 3 aromatic rings. The molecule has 1 unspecified atom stereocenters. The van der Waals surface area contributed by atoms with E-state index in [1.807, 2.05) is 31.2 Å². The number of nitrogens with one attached hydrogen (secondary N) is 2. The van der Waals surface area contributed by atoms with E-state index in [-0.39, 0.29) is 30.8 Å². The largest absolute Gasteiger partial charge is 0.355 e. The second kappa shape index (κ2) is 9.36. The third kappa shape index (κ3) is 4.43. The summed E-state index contributed by atoms with van der Waals surface area (Å²) in [7, 11) is 0. The minimum atomic E-state index is -0.681. The molecular weight excluding hydrogens is 428 g/mol. The Morgan fingerprint density at radius 1 is 1.19 bits per heavy atom. The van der Waals surface area contributed by atoms with E-state index in [2.05, 4.69) is 15.6 Å². The number of anilines is 1. The summed E-state index contributed by atoms with van der Waals surface area (Å²) in [6.07, 6.45) is 4.13. The number of nitrogens with zero attached hydrogens (tertiary/aromatic N) is 2. The van der Waals surface area contributed by atoms with Crippen molar-refractivity contribution < 1.29 is 14.4 Å². The molecule has 32 heavy (non-hydrogen) atoms. The number of hydrogen-bond acceptors (Lipinski definition) is 4. The number of carbonyl (C=O) groups is 3. The Bertz CT molecular complexity index is 1190. The summed E-state index contributed by atoms with van der Waals surface area (Å²) < 4.78 is 0. The van der Waals surface area contributed by atoms with Crippen LogP contribution in [0.1, 0.15) is 35.2 Å². The van der Waals surface area contributed by atoms with E-state index in [1.54, 1.807) is 30.6 Å². The maximum Gasteiger partial charge on any atom is 0.254 e. The number of pyridine rings is 1. The van der Waals surface area contributed by atoms with Gasteiger partial charge in [0.1, 0.15) is 0 Å². The molecule has 1 aromatic heterocycles. The first kappa shape index (κ1) is 21.8. The summed E-state index contributed by atoms with van der Waals surface area (Å²) in [5.41, 5.74) is 1.51. The van der Waals surface area contributed by atoms with Gasteiger partial charge in [0.05, 0.1) is 24.3 Å². The van der Waals surface area contributed by atoms with Crippen LogP contribution in [0.15, 0.2) is 54.9 Å². The van der Waals surface area contributed by atoms with E-state index in [0.29, 0.717) is 28.4 Å². The van der Waals surface area contributed by atoms with Crippen molar-refractivity contribution in [1.29, 1.82) is 0 Å². The molecule has 0 radical (unpaired) electrons. The minimum Gasteiger partial charge on any atom is -0.355 e. The lowest BCUT2D eigenvalue weighted by atomic mass is 9.88. The summed E-state index contributed by atoms with van der Waals surface area (Å²) >= 11 is 6.18. The zero-order valence-corrected chi connectivity index (χ0v) is 18.4. The molecule has 2 heterocycles. The number of rotatable bonds is 6. The van der Waals surface area contributed by atoms with Gasteiger partial charge in [-0.3, -0.25) is 19.4 Å². The van der Waals surface area contributed by atoms with Crippen LogP contribution < -0.4 is 10.6 Å². The van der Waals surface area contributed by atoms with E-state index < -0.39 is 5.92 Å². The van der Waals surface area contributed by atoms with Crippen LogP contribution in [0.2, 0.25) is 5.02 Å². The summed E-state index contributed by atoms with van der Waals surface area (Å²) in [5.74, 6) is -1.52. The summed E-state index contributed by atoms with van der Waals surface area (Å²) in [6, 6.07) is 12.5. The van der Waals surface area contributed by atoms with E-state index in [0.717, 1.165) is 17.2 Å². The number of hydrogen-bond donors (Lipinski definition) is 2. The number of aromatic nitrogens is 1. The molecule has 1 atom stereocenters. The van der Waals surface area contributed by atoms with Crippen LogP contribution in [0.4, 0.5) is 5.69 Å². The Kier molecular flexibility index (Phi) is 6.37. The van der Waals surface area contributed by atoms with Crippen molar-refractivity contribution >= 4 is 45.8 Å². The minimum absolute atomic E-state index is 0.0791. The molecule has 1 aliphatic rings. The number of halogens is 1. The normalized spacial score (nSPS) is 15.4. The molecular formula is C24H23ClN4O3. The molecule has 4 rings (SSSR count). The maximum absolute atomic E-state index is 13.4. The van der Waals surface area contributed by atoms with Crippen LogP contribution in [0.25, 0.3) is 10.8 Å². The van der Waals surface area contributed by atoms with Gasteiger partial charge in [0, 0.05) is 40.6 Å². The van der Waals surface area contributed by atoms with Crippen LogP contribution in [-0.2, 0) is 9.59 Å². The van der Waals surface area contributed by atoms with Gasteiger partial charge in [0.2, 0.25) is 11.8 Å². The zero-order valence-electron chi connectivity index (χ0n) is 17.6. The summed E-state index contributed by atoms with van der Waals surface area (Å²) in [4.78, 5) is 44.3. The van der Waals surface area contributed by atoms with Gasteiger partial charge in [0.25, 0.3) is 5.91 Å². The van der Waals surface area contributed by atoms with Crippen molar-refractivity contribution in [2.75, 3.05) is 25.0 Å². The number of fused-ring (bicyclic) bond motifs is 2. The smallest absolute Gasteiger partial charge is 0.254 e. The second-order valence-corrected chi connectivity index (χ2v) is 8.15. The third-order valence-electron chi connectivity index (χ3n) is 5.46. The highest BCUT2D eigenvalue weighted by Crippen LogP contribution is 2.32. The van der Waals surface area contributed by atoms with Crippen LogP contribution in [0.5, 0.6) is 0 Å². The highest BCUT2D eigenvalue weighted by Gasteiger charge is 2.36. The zero-order chi connectivity index (χ0) is 22.7. The molecule has 0 spiro atoms. The lowest BCUT2D eigenvalue weighted by Gasteiger charge is -2.33. The summed E-state index contributed by atoms with van der Waals surface area (Å²) in [6.45, 7) is 2.45. The Morgan fingerprint density at radius 3 is 2.81 bits per heavy atom. The van der Waals surface area contributed by atoms with Crippen molar-refractivity contribution in [2.45, 2.75) is 19.3 Å². The van der Waals surface area contributed by atoms with Crippen LogP contribution in [-0.4, -0.2) is 47.2 Å². The quantitative estimate of drug-likeness (QED) is 0.600. The van der Waals surface area contributed by atoms with Crippen LogP contribution in [0, 0.1) is 0 Å². The molecule has 0 saturated carbocycles. The number of benzene rings is 2. The Hall–Kier alpha value is -3.45. The summed E-state index contributed by atoms with van der Waals surface area (Å²) in [5, 5.41) is 7.94. The first-order valence-corrected chi connectivity index (χ1v) is 10.8. The topological polar surface area (TPSA) is 91.4 Å². The third-order valence-corrected chi connectivity index (χ3v) is 5.69. The van der Waals surface area contributed by atoms with E-state index in [1.165, 1.54) is 4.90 Å². The monoisotopic (exact) mass is 450 g/mol. The van der Waals surface area contributed by atoms with Gasteiger partial charge in [-0.25, -0.2) is 0 Å². The highest BCUT2D eigenvalue weighted by molar-refractivity contribution is 6.30. The SMILES string of the molecule is CCCNC(=O)CN1CC(C(=O)Nc2cncc3ccccc23)c2cc(Cl)ccc2C1=O. The molecule has 0 saturated heterocycles. The number of carbonyl (C=O) groups excluding carboxylic acids is 3. The van der Waals surface area contributed by atoms with Crippen molar-refractivity contribution in [3.8, 4) is 0 Å². The van der Waals surface area contributed by atoms with Gasteiger partial charge in [0.15, 0.2) is 0 Å². The van der Waals surface area contributed by atoms with Gasteiger partial charge in [-0.2, -0.15) is 0 Å². The molecule has 0 fully saturated rings. The van der Waals surface area contributed by atoms with E-state index >= 15 is 0 Å². The molecule has 2 N–H and O–H groups in total. The molecule has 0 bridgehead atoms. The van der Waals surface area contributed by atoms with Gasteiger partial charge in [-0.1, -0.05) is 42.8 Å². The fourth-order valence-electron chi connectivity index (χ4n) is 3.88. The fourth-order valence-corrected chi connectivity index (χ4v) is 4.06. The Morgan fingerprint density at radius 2 is 2.00 bits per heavy atom. The van der Waals surface area contributed by atoms with Crippen LogP contribution in [0.3, 0.4) is 0 Å². The highest BCUT2D eigenvalue weighted by atomic mass is 35.5. The number of amides is 3. The Balaban J connectivity index is 1.64. The first-order chi connectivity index (χ1) is 15.5. The molecule has 8 heteroatoms. The van der Waals surface area contributed by atoms with Crippen molar-refractivity contribution in [3.05, 3.63) is 71.0 Å². The maximum atomic E-state index is 13.4. The fraction of sp³-hybridized carbons (Fsp3) is 0.250. The average Bonchev–Trinajstić information content (AvgIpc) is 2.79. The van der Waals surface area contributed by atoms with Crippen molar-refractivity contribution in [1.82, 2.24) is 15.2 Å². The van der Waals surface area contributed by atoms with Gasteiger partial charge in [-0.15, -0.1) is 0 Å². The van der Waals surface area contributed by atoms with E-state index in [4.69, 9.17) is 11.6 Å². The molecule has 164 valence electrons. The predicted octanol–water partition coefficient (Wildman–Crippen LogP) is 3.59. The second-order valence-electron chi connectivity index (χ2n) is 7.72.